The topological polar surface area (TPSA) is 70.7 Å². The molecule has 6 heteroatoms. The number of benzene rings is 2. The van der Waals surface area contributed by atoms with Crippen LogP contribution in [0.3, 0.4) is 0 Å². The SMILES string of the molecule is N#Cc1cc(-c2nccn2-c2ccc3c(c2)C(=O)NCC3)ccc1F. The molecule has 0 saturated heterocycles. The van der Waals surface area contributed by atoms with Crippen LogP contribution in [0.25, 0.3) is 17.1 Å². The van der Waals surface area contributed by atoms with Gasteiger partial charge in [0, 0.05) is 35.8 Å². The van der Waals surface area contributed by atoms with E-state index in [1.807, 2.05) is 28.8 Å². The molecule has 0 aliphatic carbocycles. The number of nitrogens with zero attached hydrogens (tertiary/aromatic N) is 3. The highest BCUT2D eigenvalue weighted by atomic mass is 19.1. The Kier molecular flexibility index (Phi) is 3.55. The lowest BCUT2D eigenvalue weighted by Gasteiger charge is -2.18. The van der Waals surface area contributed by atoms with E-state index in [1.165, 1.54) is 12.1 Å². The molecule has 1 aromatic heterocycles. The lowest BCUT2D eigenvalue weighted by molar-refractivity contribution is 0.0946. The standard InChI is InChI=1S/C19H13FN4O/c20-17-4-2-13(9-14(17)11-21)18-22-7-8-24(18)15-3-1-12-5-6-23-19(25)16(12)10-15/h1-4,7-10H,5-6H2,(H,23,25). The van der Waals surface area contributed by atoms with E-state index in [0.29, 0.717) is 23.5 Å². The van der Waals surface area contributed by atoms with Crippen molar-refractivity contribution < 1.29 is 9.18 Å². The van der Waals surface area contributed by atoms with Crippen LogP contribution < -0.4 is 5.32 Å². The summed E-state index contributed by atoms with van der Waals surface area (Å²) < 4.78 is 15.4. The second-order valence-corrected chi connectivity index (χ2v) is 5.77. The Hall–Kier alpha value is -3.46. The van der Waals surface area contributed by atoms with Crippen LogP contribution in [0.4, 0.5) is 4.39 Å². The second-order valence-electron chi connectivity index (χ2n) is 5.77. The predicted molar refractivity (Wildman–Crippen MR) is 89.7 cm³/mol. The Morgan fingerprint density at radius 1 is 1.24 bits per heavy atom. The Morgan fingerprint density at radius 3 is 2.96 bits per heavy atom. The van der Waals surface area contributed by atoms with Gasteiger partial charge in [0.25, 0.3) is 5.91 Å². The molecule has 1 aliphatic rings. The molecule has 3 aromatic rings. The molecule has 4 rings (SSSR count). The average Bonchev–Trinajstić information content (AvgIpc) is 3.12. The molecule has 0 fully saturated rings. The molecule has 0 atom stereocenters. The monoisotopic (exact) mass is 332 g/mol. The Morgan fingerprint density at radius 2 is 2.12 bits per heavy atom. The van der Waals surface area contributed by atoms with Gasteiger partial charge in [-0.2, -0.15) is 5.26 Å². The molecule has 0 bridgehead atoms. The molecule has 122 valence electrons. The van der Waals surface area contributed by atoms with E-state index in [1.54, 1.807) is 18.5 Å². The molecule has 0 radical (unpaired) electrons. The minimum atomic E-state index is -0.560. The molecule has 5 nitrogen and oxygen atoms in total. The first-order chi connectivity index (χ1) is 12.2. The van der Waals surface area contributed by atoms with Crippen molar-refractivity contribution >= 4 is 5.91 Å². The molecular formula is C19H13FN4O. The molecule has 0 saturated carbocycles. The number of carbonyl (C=O) groups is 1. The first-order valence-corrected chi connectivity index (χ1v) is 7.82. The van der Waals surface area contributed by atoms with Crippen LogP contribution in [-0.4, -0.2) is 22.0 Å². The highest BCUT2D eigenvalue weighted by Crippen LogP contribution is 2.25. The van der Waals surface area contributed by atoms with Gasteiger partial charge in [0.1, 0.15) is 17.7 Å². The Bertz CT molecular complexity index is 1030. The number of hydrogen-bond acceptors (Lipinski definition) is 3. The summed E-state index contributed by atoms with van der Waals surface area (Å²) in [4.78, 5) is 16.4. The summed E-state index contributed by atoms with van der Waals surface area (Å²) in [6.45, 7) is 0.647. The number of imidazole rings is 1. The van der Waals surface area contributed by atoms with E-state index < -0.39 is 5.82 Å². The van der Waals surface area contributed by atoms with Gasteiger partial charge >= 0.3 is 0 Å². The van der Waals surface area contributed by atoms with Gasteiger partial charge in [0.2, 0.25) is 0 Å². The fraction of sp³-hybridized carbons (Fsp3) is 0.105. The summed E-state index contributed by atoms with van der Waals surface area (Å²) in [6.07, 6.45) is 4.21. The molecule has 2 aromatic carbocycles. The normalized spacial score (nSPS) is 13.0. The maximum atomic E-state index is 13.6. The van der Waals surface area contributed by atoms with Crippen LogP contribution in [0, 0.1) is 17.1 Å². The predicted octanol–water partition coefficient (Wildman–Crippen LogP) is 2.84. The van der Waals surface area contributed by atoms with Gasteiger partial charge in [0.05, 0.1) is 5.56 Å². The van der Waals surface area contributed by atoms with Gasteiger partial charge in [-0.3, -0.25) is 9.36 Å². The molecule has 0 unspecified atom stereocenters. The third kappa shape index (κ3) is 2.56. The van der Waals surface area contributed by atoms with Gasteiger partial charge in [-0.1, -0.05) is 6.07 Å². The van der Waals surface area contributed by atoms with E-state index in [4.69, 9.17) is 5.26 Å². The molecular weight excluding hydrogens is 319 g/mol. The van der Waals surface area contributed by atoms with Crippen molar-refractivity contribution in [3.05, 3.63) is 71.3 Å². The number of amides is 1. The van der Waals surface area contributed by atoms with Crippen molar-refractivity contribution in [2.24, 2.45) is 0 Å². The second kappa shape index (κ2) is 5.87. The summed E-state index contributed by atoms with van der Waals surface area (Å²) in [5, 5.41) is 11.9. The largest absolute Gasteiger partial charge is 0.352 e. The number of halogens is 1. The number of hydrogen-bond donors (Lipinski definition) is 1. The molecule has 2 heterocycles. The van der Waals surface area contributed by atoms with Crippen molar-refractivity contribution in [3.63, 3.8) is 0 Å². The summed E-state index contributed by atoms with van der Waals surface area (Å²) in [5.41, 5.74) is 3.05. The number of aromatic nitrogens is 2. The van der Waals surface area contributed by atoms with Crippen LogP contribution >= 0.6 is 0 Å². The third-order valence-electron chi connectivity index (χ3n) is 4.28. The maximum absolute atomic E-state index is 13.6. The number of nitrogens with one attached hydrogen (secondary N) is 1. The minimum Gasteiger partial charge on any atom is -0.352 e. The van der Waals surface area contributed by atoms with Gasteiger partial charge in [-0.05, 0) is 42.3 Å². The van der Waals surface area contributed by atoms with Crippen LogP contribution in [0.2, 0.25) is 0 Å². The number of fused-ring (bicyclic) bond motifs is 1. The number of nitriles is 1. The Balaban J connectivity index is 1.82. The lowest BCUT2D eigenvalue weighted by Crippen LogP contribution is -2.31. The van der Waals surface area contributed by atoms with E-state index in [9.17, 15) is 9.18 Å². The number of rotatable bonds is 2. The quantitative estimate of drug-likeness (QED) is 0.784. The van der Waals surface area contributed by atoms with Crippen LogP contribution in [0.15, 0.2) is 48.8 Å². The van der Waals surface area contributed by atoms with E-state index in [-0.39, 0.29) is 11.5 Å². The summed E-state index contributed by atoms with van der Waals surface area (Å²) in [6, 6.07) is 11.8. The van der Waals surface area contributed by atoms with Crippen molar-refractivity contribution in [1.29, 1.82) is 5.26 Å². The first kappa shape index (κ1) is 15.1. The first-order valence-electron chi connectivity index (χ1n) is 7.82. The van der Waals surface area contributed by atoms with Crippen LogP contribution in [0.1, 0.15) is 21.5 Å². The summed E-state index contributed by atoms with van der Waals surface area (Å²) in [7, 11) is 0. The van der Waals surface area contributed by atoms with Gasteiger partial charge in [-0.15, -0.1) is 0 Å². The lowest BCUT2D eigenvalue weighted by atomic mass is 9.99. The van der Waals surface area contributed by atoms with Crippen molar-refractivity contribution in [3.8, 4) is 23.1 Å². The Labute approximate surface area is 143 Å². The minimum absolute atomic E-state index is 0.0307. The average molecular weight is 332 g/mol. The fourth-order valence-corrected chi connectivity index (χ4v) is 3.03. The van der Waals surface area contributed by atoms with Crippen molar-refractivity contribution in [2.75, 3.05) is 6.54 Å². The summed E-state index contributed by atoms with van der Waals surface area (Å²) >= 11 is 0. The van der Waals surface area contributed by atoms with E-state index >= 15 is 0 Å². The highest BCUT2D eigenvalue weighted by molar-refractivity contribution is 5.97. The van der Waals surface area contributed by atoms with Gasteiger partial charge in [0.15, 0.2) is 0 Å². The number of carbonyl (C=O) groups excluding carboxylic acids is 1. The zero-order valence-electron chi connectivity index (χ0n) is 13.2. The maximum Gasteiger partial charge on any atom is 0.251 e. The van der Waals surface area contributed by atoms with Gasteiger partial charge < -0.3 is 5.32 Å². The molecule has 1 aliphatic heterocycles. The molecule has 1 N–H and O–H groups in total. The molecule has 0 spiro atoms. The van der Waals surface area contributed by atoms with Crippen molar-refractivity contribution in [2.45, 2.75) is 6.42 Å². The highest BCUT2D eigenvalue weighted by Gasteiger charge is 2.18. The molecule has 1 amide bonds. The van der Waals surface area contributed by atoms with Crippen LogP contribution in [-0.2, 0) is 6.42 Å². The van der Waals surface area contributed by atoms with Crippen LogP contribution in [0.5, 0.6) is 0 Å². The third-order valence-corrected chi connectivity index (χ3v) is 4.28. The molecule has 25 heavy (non-hydrogen) atoms. The zero-order valence-corrected chi connectivity index (χ0v) is 13.2. The van der Waals surface area contributed by atoms with E-state index in [0.717, 1.165) is 17.7 Å². The van der Waals surface area contributed by atoms with Gasteiger partial charge in [-0.25, -0.2) is 9.37 Å². The fourth-order valence-electron chi connectivity index (χ4n) is 3.03. The van der Waals surface area contributed by atoms with Crippen molar-refractivity contribution in [1.82, 2.24) is 14.9 Å². The zero-order chi connectivity index (χ0) is 17.4. The smallest absolute Gasteiger partial charge is 0.251 e. The summed E-state index contributed by atoms with van der Waals surface area (Å²) in [5.74, 6) is -0.0687. The van der Waals surface area contributed by atoms with E-state index in [2.05, 4.69) is 10.3 Å².